The zero-order valence-corrected chi connectivity index (χ0v) is 14.3. The van der Waals surface area contributed by atoms with Gasteiger partial charge >= 0.3 is 0 Å². The van der Waals surface area contributed by atoms with E-state index in [1.54, 1.807) is 0 Å². The summed E-state index contributed by atoms with van der Waals surface area (Å²) >= 11 is 0. The zero-order chi connectivity index (χ0) is 15.9. The average molecular weight is 292 g/mol. The maximum Gasteiger partial charge on any atom is 0.0797 e. The topological polar surface area (TPSA) is 35.5 Å². The minimum Gasteiger partial charge on any atom is -0.394 e. The van der Waals surface area contributed by atoms with Crippen LogP contribution in [0.4, 0.5) is 0 Å². The van der Waals surface area contributed by atoms with Gasteiger partial charge in [-0.2, -0.15) is 0 Å². The van der Waals surface area contributed by atoms with Gasteiger partial charge in [-0.3, -0.25) is 0 Å². The lowest BCUT2D eigenvalue weighted by atomic mass is 9.88. The summed E-state index contributed by atoms with van der Waals surface area (Å²) in [6.07, 6.45) is 1.05. The Bertz CT molecular complexity index is 399. The highest BCUT2D eigenvalue weighted by Gasteiger charge is 2.32. The highest BCUT2D eigenvalue weighted by atomic mass is 16.3. The second-order valence-corrected chi connectivity index (χ2v) is 7.27. The van der Waals surface area contributed by atoms with Crippen molar-refractivity contribution in [1.82, 2.24) is 10.2 Å². The molecule has 0 aliphatic carbocycles. The van der Waals surface area contributed by atoms with Crippen molar-refractivity contribution in [3.8, 4) is 0 Å². The molecule has 0 heterocycles. The average Bonchev–Trinajstić information content (AvgIpc) is 2.42. The Morgan fingerprint density at radius 2 is 1.71 bits per heavy atom. The molecule has 1 rings (SSSR count). The van der Waals surface area contributed by atoms with E-state index in [9.17, 15) is 5.11 Å². The first kappa shape index (κ1) is 18.1. The summed E-state index contributed by atoms with van der Waals surface area (Å²) in [4.78, 5) is 2.31. The minimum atomic E-state index is -0.392. The van der Waals surface area contributed by atoms with Gasteiger partial charge in [0, 0.05) is 13.1 Å². The highest BCUT2D eigenvalue weighted by Crippen LogP contribution is 2.24. The first-order valence-electron chi connectivity index (χ1n) is 7.93. The van der Waals surface area contributed by atoms with E-state index in [0.29, 0.717) is 0 Å². The van der Waals surface area contributed by atoms with E-state index < -0.39 is 5.54 Å². The molecule has 1 unspecified atom stereocenters. The molecular formula is C18H32N2O. The second-order valence-electron chi connectivity index (χ2n) is 7.27. The molecule has 1 aromatic rings. The Hall–Kier alpha value is -0.900. The molecule has 0 bridgehead atoms. The zero-order valence-electron chi connectivity index (χ0n) is 14.3. The molecule has 0 spiro atoms. The van der Waals surface area contributed by atoms with Gasteiger partial charge in [0.05, 0.1) is 12.1 Å². The van der Waals surface area contributed by atoms with Crippen molar-refractivity contribution < 1.29 is 5.11 Å². The lowest BCUT2D eigenvalue weighted by Crippen LogP contribution is -2.54. The Morgan fingerprint density at radius 3 is 2.19 bits per heavy atom. The smallest absolute Gasteiger partial charge is 0.0797 e. The Kier molecular flexibility index (Phi) is 6.85. The van der Waals surface area contributed by atoms with Crippen LogP contribution in [0.1, 0.15) is 39.7 Å². The van der Waals surface area contributed by atoms with E-state index in [4.69, 9.17) is 0 Å². The summed E-state index contributed by atoms with van der Waals surface area (Å²) in [5, 5.41) is 13.7. The van der Waals surface area contributed by atoms with Crippen LogP contribution in [-0.4, -0.2) is 43.3 Å². The number of hydrogen-bond donors (Lipinski definition) is 2. The molecule has 0 radical (unpaired) electrons. The van der Waals surface area contributed by atoms with Crippen LogP contribution >= 0.6 is 0 Å². The fraction of sp³-hybridized carbons (Fsp3) is 0.667. The Labute approximate surface area is 130 Å². The van der Waals surface area contributed by atoms with Crippen LogP contribution in [0.25, 0.3) is 0 Å². The molecule has 1 atom stereocenters. The molecule has 0 amide bonds. The third-order valence-electron chi connectivity index (χ3n) is 3.59. The van der Waals surface area contributed by atoms with Crippen molar-refractivity contribution in [1.29, 1.82) is 0 Å². The van der Waals surface area contributed by atoms with Gasteiger partial charge in [0.2, 0.25) is 0 Å². The van der Waals surface area contributed by atoms with Gasteiger partial charge in [0.1, 0.15) is 0 Å². The van der Waals surface area contributed by atoms with Crippen LogP contribution in [0.2, 0.25) is 0 Å². The van der Waals surface area contributed by atoms with E-state index in [2.05, 4.69) is 57.1 Å². The summed E-state index contributed by atoms with van der Waals surface area (Å²) < 4.78 is 0. The van der Waals surface area contributed by atoms with Gasteiger partial charge in [-0.05, 0) is 31.0 Å². The SMILES string of the molecule is CCCNC(CO)(CN(C)CC(C)(C)C)c1ccccc1. The molecule has 0 fully saturated rings. The quantitative estimate of drug-likeness (QED) is 0.773. The predicted octanol–water partition coefficient (Wildman–Crippen LogP) is 2.85. The Balaban J connectivity index is 2.96. The largest absolute Gasteiger partial charge is 0.394 e. The molecule has 21 heavy (non-hydrogen) atoms. The number of hydrogen-bond acceptors (Lipinski definition) is 3. The van der Waals surface area contributed by atoms with Crippen LogP contribution < -0.4 is 5.32 Å². The van der Waals surface area contributed by atoms with E-state index in [-0.39, 0.29) is 12.0 Å². The van der Waals surface area contributed by atoms with Gasteiger partial charge in [-0.25, -0.2) is 0 Å². The number of aliphatic hydroxyl groups is 1. The number of likely N-dealkylation sites (N-methyl/N-ethyl adjacent to an activating group) is 1. The Morgan fingerprint density at radius 1 is 1.10 bits per heavy atom. The van der Waals surface area contributed by atoms with Gasteiger partial charge in [-0.1, -0.05) is 58.0 Å². The third kappa shape index (κ3) is 5.77. The van der Waals surface area contributed by atoms with Crippen molar-refractivity contribution in [3.05, 3.63) is 35.9 Å². The summed E-state index contributed by atoms with van der Waals surface area (Å²) in [6.45, 7) is 11.7. The van der Waals surface area contributed by atoms with Gasteiger partial charge in [0.25, 0.3) is 0 Å². The summed E-state index contributed by atoms with van der Waals surface area (Å²) in [5.74, 6) is 0. The molecule has 0 saturated carbocycles. The fourth-order valence-corrected chi connectivity index (χ4v) is 2.89. The molecule has 0 aliphatic heterocycles. The van der Waals surface area contributed by atoms with E-state index >= 15 is 0 Å². The van der Waals surface area contributed by atoms with E-state index in [1.807, 2.05) is 18.2 Å². The van der Waals surface area contributed by atoms with Gasteiger partial charge in [-0.15, -0.1) is 0 Å². The van der Waals surface area contributed by atoms with Gasteiger partial charge in [0.15, 0.2) is 0 Å². The molecule has 2 N–H and O–H groups in total. The summed E-state index contributed by atoms with van der Waals surface area (Å²) in [7, 11) is 2.13. The first-order chi connectivity index (χ1) is 9.83. The lowest BCUT2D eigenvalue weighted by molar-refractivity contribution is 0.102. The minimum absolute atomic E-state index is 0.103. The molecule has 3 heteroatoms. The lowest BCUT2D eigenvalue weighted by Gasteiger charge is -2.39. The van der Waals surface area contributed by atoms with E-state index in [1.165, 1.54) is 0 Å². The van der Waals surface area contributed by atoms with Crippen LogP contribution in [0.15, 0.2) is 30.3 Å². The molecular weight excluding hydrogens is 260 g/mol. The molecule has 0 aromatic heterocycles. The maximum absolute atomic E-state index is 10.1. The third-order valence-corrected chi connectivity index (χ3v) is 3.59. The number of benzene rings is 1. The monoisotopic (exact) mass is 292 g/mol. The van der Waals surface area contributed by atoms with Crippen molar-refractivity contribution in [3.63, 3.8) is 0 Å². The van der Waals surface area contributed by atoms with E-state index in [0.717, 1.165) is 31.6 Å². The maximum atomic E-state index is 10.1. The van der Waals surface area contributed by atoms with Crippen LogP contribution in [0, 0.1) is 5.41 Å². The molecule has 0 aliphatic rings. The first-order valence-corrected chi connectivity index (χ1v) is 7.93. The number of rotatable bonds is 8. The fourth-order valence-electron chi connectivity index (χ4n) is 2.89. The number of nitrogens with zero attached hydrogens (tertiary/aromatic N) is 1. The molecule has 0 saturated heterocycles. The van der Waals surface area contributed by atoms with Crippen LogP contribution in [-0.2, 0) is 5.54 Å². The van der Waals surface area contributed by atoms with Crippen molar-refractivity contribution in [2.75, 3.05) is 33.3 Å². The molecule has 120 valence electrons. The van der Waals surface area contributed by atoms with Crippen molar-refractivity contribution >= 4 is 0 Å². The standard InChI is InChI=1S/C18H32N2O/c1-6-12-19-18(15-21,16-10-8-7-9-11-16)14-20(5)13-17(2,3)4/h7-11,19,21H,6,12-15H2,1-5H3. The normalized spacial score (nSPS) is 15.2. The number of aliphatic hydroxyl groups excluding tert-OH is 1. The number of nitrogens with one attached hydrogen (secondary N) is 1. The van der Waals surface area contributed by atoms with Crippen molar-refractivity contribution in [2.45, 2.75) is 39.7 Å². The van der Waals surface area contributed by atoms with Crippen molar-refractivity contribution in [2.24, 2.45) is 5.41 Å². The summed E-state index contributed by atoms with van der Waals surface area (Å²) in [5.41, 5.74) is 1.01. The van der Waals surface area contributed by atoms with Crippen LogP contribution in [0.3, 0.4) is 0 Å². The summed E-state index contributed by atoms with van der Waals surface area (Å²) in [6, 6.07) is 10.3. The van der Waals surface area contributed by atoms with Crippen LogP contribution in [0.5, 0.6) is 0 Å². The predicted molar refractivity (Wildman–Crippen MR) is 90.5 cm³/mol. The molecule has 3 nitrogen and oxygen atoms in total. The highest BCUT2D eigenvalue weighted by molar-refractivity contribution is 5.25. The van der Waals surface area contributed by atoms with Gasteiger partial charge < -0.3 is 15.3 Å². The second kappa shape index (κ2) is 7.92. The molecule has 1 aromatic carbocycles.